The Hall–Kier alpha value is -4.19. The summed E-state index contributed by atoms with van der Waals surface area (Å²) in [5.74, 6) is -1.82. The summed E-state index contributed by atoms with van der Waals surface area (Å²) in [5, 5.41) is 6.53. The number of rotatable bonds is 10. The first-order valence-electron chi connectivity index (χ1n) is 9.76. The zero-order valence-electron chi connectivity index (χ0n) is 17.4. The second-order valence-electron chi connectivity index (χ2n) is 6.52. The van der Waals surface area contributed by atoms with Crippen molar-refractivity contribution in [3.8, 4) is 0 Å². The van der Waals surface area contributed by atoms with Crippen molar-refractivity contribution in [1.82, 2.24) is 15.1 Å². The summed E-state index contributed by atoms with van der Waals surface area (Å²) in [7, 11) is 0. The minimum absolute atomic E-state index is 0.0138. The molecule has 172 valence electrons. The molecular formula is C21H21F2N7O3. The Morgan fingerprint density at radius 3 is 2.79 bits per heavy atom. The van der Waals surface area contributed by atoms with Crippen LogP contribution in [0.2, 0.25) is 0 Å². The number of ether oxygens (including phenoxy) is 1. The lowest BCUT2D eigenvalue weighted by atomic mass is 10.2. The van der Waals surface area contributed by atoms with Crippen molar-refractivity contribution in [2.24, 2.45) is 16.5 Å². The Balaban J connectivity index is 1.80. The number of nitrogens with two attached hydrogens (primary N) is 2. The average Bonchev–Trinajstić information content (AvgIpc) is 3.36. The number of halogens is 2. The van der Waals surface area contributed by atoms with Crippen LogP contribution in [-0.4, -0.2) is 46.5 Å². The lowest BCUT2D eigenvalue weighted by Crippen LogP contribution is -2.21. The van der Waals surface area contributed by atoms with E-state index in [0.717, 1.165) is 6.20 Å². The zero-order chi connectivity index (χ0) is 23.6. The van der Waals surface area contributed by atoms with E-state index in [1.54, 1.807) is 24.3 Å². The summed E-state index contributed by atoms with van der Waals surface area (Å²) in [6.45, 7) is -0.160. The molecule has 3 rings (SSSR count). The highest BCUT2D eigenvalue weighted by molar-refractivity contribution is 6.10. The van der Waals surface area contributed by atoms with E-state index < -0.39 is 17.6 Å². The first kappa shape index (κ1) is 23.5. The third-order valence-corrected chi connectivity index (χ3v) is 4.20. The van der Waals surface area contributed by atoms with Crippen LogP contribution >= 0.6 is 0 Å². The van der Waals surface area contributed by atoms with Crippen molar-refractivity contribution < 1.29 is 22.8 Å². The number of carbonyl (C=O) groups is 1. The fourth-order valence-corrected chi connectivity index (χ4v) is 2.58. The van der Waals surface area contributed by atoms with Crippen molar-refractivity contribution in [3.63, 3.8) is 0 Å². The molecule has 2 aromatic heterocycles. The molecule has 0 spiro atoms. The Morgan fingerprint density at radius 1 is 1.24 bits per heavy atom. The highest BCUT2D eigenvalue weighted by atomic mass is 19.1. The van der Waals surface area contributed by atoms with Gasteiger partial charge in [0.15, 0.2) is 17.5 Å². The van der Waals surface area contributed by atoms with Gasteiger partial charge in [-0.25, -0.2) is 18.7 Å². The predicted octanol–water partition coefficient (Wildman–Crippen LogP) is 1.65. The summed E-state index contributed by atoms with van der Waals surface area (Å²) in [6, 6.07) is 7.79. The van der Waals surface area contributed by atoms with Gasteiger partial charge in [0.2, 0.25) is 0 Å². The molecular weight excluding hydrogens is 436 g/mol. The molecule has 33 heavy (non-hydrogen) atoms. The number of nitrogens with one attached hydrogen (secondary N) is 1. The van der Waals surface area contributed by atoms with Crippen LogP contribution in [0.15, 0.2) is 58.4 Å². The Bertz CT molecular complexity index is 1150. The van der Waals surface area contributed by atoms with Crippen LogP contribution in [0.1, 0.15) is 17.1 Å². The fraction of sp³-hybridized carbons (Fsp3) is 0.190. The maximum Gasteiger partial charge on any atom is 0.319 e. The summed E-state index contributed by atoms with van der Waals surface area (Å²) in [5.41, 5.74) is 12.4. The van der Waals surface area contributed by atoms with Crippen molar-refractivity contribution >= 4 is 23.2 Å². The maximum atomic E-state index is 14.1. The van der Waals surface area contributed by atoms with Crippen LogP contribution in [0.5, 0.6) is 0 Å². The lowest BCUT2D eigenvalue weighted by Gasteiger charge is -2.09. The monoisotopic (exact) mass is 457 g/mol. The van der Waals surface area contributed by atoms with E-state index in [1.165, 1.54) is 18.4 Å². The molecule has 12 heteroatoms. The van der Waals surface area contributed by atoms with E-state index in [4.69, 9.17) is 20.7 Å². The van der Waals surface area contributed by atoms with Gasteiger partial charge in [-0.2, -0.15) is 0 Å². The van der Waals surface area contributed by atoms with Gasteiger partial charge in [0, 0.05) is 11.6 Å². The van der Waals surface area contributed by atoms with Crippen molar-refractivity contribution in [2.45, 2.75) is 6.54 Å². The standard InChI is InChI=1S/C21H21F2N7O3/c22-14-4-2-1-3-13(14)11-27-18(17-5-7-33-30-17)9-16(25)21-28-12-15(23)20(29-21)26-6-8-32-19(31)10-24/h1-5,7,9,12H,6,8,10-11,24-25H2,(H,26,28,29). The van der Waals surface area contributed by atoms with Crippen LogP contribution in [0.3, 0.4) is 0 Å². The van der Waals surface area contributed by atoms with Gasteiger partial charge < -0.3 is 26.0 Å². The van der Waals surface area contributed by atoms with Crippen LogP contribution in [-0.2, 0) is 16.1 Å². The normalized spacial score (nSPS) is 12.0. The van der Waals surface area contributed by atoms with E-state index >= 15 is 0 Å². The highest BCUT2D eigenvalue weighted by Gasteiger charge is 2.12. The second-order valence-corrected chi connectivity index (χ2v) is 6.52. The quantitative estimate of drug-likeness (QED) is 0.234. The number of esters is 1. The Kier molecular flexibility index (Phi) is 8.13. The summed E-state index contributed by atoms with van der Waals surface area (Å²) in [4.78, 5) is 23.4. The van der Waals surface area contributed by atoms with E-state index in [9.17, 15) is 13.6 Å². The minimum Gasteiger partial charge on any atom is -0.463 e. The smallest absolute Gasteiger partial charge is 0.319 e. The topological polar surface area (TPSA) is 155 Å². The molecule has 1 aromatic carbocycles. The van der Waals surface area contributed by atoms with Gasteiger partial charge in [-0.05, 0) is 12.1 Å². The summed E-state index contributed by atoms with van der Waals surface area (Å²) < 4.78 is 37.7. The Labute approximate surface area is 187 Å². The number of allylic oxidation sites excluding steroid dienone is 1. The number of benzene rings is 1. The van der Waals surface area contributed by atoms with E-state index in [1.807, 2.05) is 0 Å². The molecule has 0 fully saturated rings. The van der Waals surface area contributed by atoms with Crippen molar-refractivity contribution in [2.75, 3.05) is 25.0 Å². The van der Waals surface area contributed by atoms with E-state index in [2.05, 4.69) is 25.4 Å². The molecule has 0 amide bonds. The zero-order valence-corrected chi connectivity index (χ0v) is 17.4. The molecule has 0 saturated heterocycles. The minimum atomic E-state index is -0.721. The maximum absolute atomic E-state index is 14.1. The number of hydrogen-bond acceptors (Lipinski definition) is 10. The molecule has 0 aliphatic heterocycles. The number of anilines is 1. The average molecular weight is 457 g/mol. The first-order chi connectivity index (χ1) is 16.0. The molecule has 5 N–H and O–H groups in total. The van der Waals surface area contributed by atoms with Crippen LogP contribution in [0.25, 0.3) is 5.70 Å². The van der Waals surface area contributed by atoms with Gasteiger partial charge in [-0.3, -0.25) is 9.79 Å². The largest absolute Gasteiger partial charge is 0.463 e. The molecule has 0 aliphatic carbocycles. The lowest BCUT2D eigenvalue weighted by molar-refractivity contribution is -0.141. The SMILES string of the molecule is NCC(=O)OCCNc1nc(C(N)=CC(=NCc2ccccc2F)c2ccon2)ncc1F. The van der Waals surface area contributed by atoms with E-state index in [0.29, 0.717) is 17.0 Å². The van der Waals surface area contributed by atoms with E-state index in [-0.39, 0.29) is 43.6 Å². The number of hydrogen-bond donors (Lipinski definition) is 3. The van der Waals surface area contributed by atoms with Crippen LogP contribution in [0, 0.1) is 11.6 Å². The molecule has 0 radical (unpaired) electrons. The number of nitrogens with zero attached hydrogens (tertiary/aromatic N) is 4. The third-order valence-electron chi connectivity index (χ3n) is 4.20. The van der Waals surface area contributed by atoms with Crippen LogP contribution in [0.4, 0.5) is 14.6 Å². The predicted molar refractivity (Wildman–Crippen MR) is 116 cm³/mol. The molecule has 2 heterocycles. The molecule has 0 unspecified atom stereocenters. The molecule has 3 aromatic rings. The molecule has 0 saturated carbocycles. The van der Waals surface area contributed by atoms with Crippen molar-refractivity contribution in [3.05, 3.63) is 77.6 Å². The fourth-order valence-electron chi connectivity index (χ4n) is 2.58. The summed E-state index contributed by atoms with van der Waals surface area (Å²) in [6.07, 6.45) is 3.73. The number of aliphatic imine (C=N–C) groups is 1. The van der Waals surface area contributed by atoms with Gasteiger partial charge >= 0.3 is 5.97 Å². The van der Waals surface area contributed by atoms with Gasteiger partial charge in [0.05, 0.1) is 37.2 Å². The van der Waals surface area contributed by atoms with Crippen molar-refractivity contribution in [1.29, 1.82) is 0 Å². The van der Waals surface area contributed by atoms with Gasteiger partial charge in [-0.1, -0.05) is 23.4 Å². The van der Waals surface area contributed by atoms with Gasteiger partial charge in [-0.15, -0.1) is 0 Å². The molecule has 0 atom stereocenters. The van der Waals surface area contributed by atoms with Gasteiger partial charge in [0.1, 0.15) is 24.4 Å². The second kappa shape index (κ2) is 11.4. The van der Waals surface area contributed by atoms with Crippen LogP contribution < -0.4 is 16.8 Å². The number of carbonyl (C=O) groups excluding carboxylic acids is 1. The third kappa shape index (κ3) is 6.64. The first-order valence-corrected chi connectivity index (χ1v) is 9.76. The summed E-state index contributed by atoms with van der Waals surface area (Å²) >= 11 is 0. The highest BCUT2D eigenvalue weighted by Crippen LogP contribution is 2.14. The molecule has 0 aliphatic rings. The van der Waals surface area contributed by atoms with Gasteiger partial charge in [0.25, 0.3) is 0 Å². The Morgan fingerprint density at radius 2 is 2.06 bits per heavy atom. The number of aromatic nitrogens is 3. The molecule has 0 bridgehead atoms. The molecule has 10 nitrogen and oxygen atoms in total.